The molecule has 0 unspecified atom stereocenters. The molecule has 0 atom stereocenters. The lowest BCUT2D eigenvalue weighted by atomic mass is 10.0. The average molecular weight is 466 g/mol. The first-order chi connectivity index (χ1) is 17.7. The Hall–Kier alpha value is -4.70. The van der Waals surface area contributed by atoms with Gasteiger partial charge in [0.2, 0.25) is 0 Å². The fourth-order valence-corrected chi connectivity index (χ4v) is 5.94. The second-order valence-corrected chi connectivity index (χ2v) is 9.43. The zero-order chi connectivity index (χ0) is 24.0. The maximum absolute atomic E-state index is 13.0. The highest BCUT2D eigenvalue weighted by Gasteiger charge is 2.17. The summed E-state index contributed by atoms with van der Waals surface area (Å²) >= 11 is 0. The molecule has 4 nitrogen and oxygen atoms in total. The van der Waals surface area contributed by atoms with Crippen LogP contribution >= 0.6 is 0 Å². The van der Waals surface area contributed by atoms with E-state index in [2.05, 4.69) is 0 Å². The van der Waals surface area contributed by atoms with Crippen molar-refractivity contribution < 1.29 is 9.47 Å². The average Bonchev–Trinajstić information content (AvgIpc) is 3.37. The van der Waals surface area contributed by atoms with Crippen molar-refractivity contribution in [2.75, 3.05) is 13.2 Å². The van der Waals surface area contributed by atoms with E-state index in [9.17, 15) is 9.59 Å². The lowest BCUT2D eigenvalue weighted by Crippen LogP contribution is -2.09. The van der Waals surface area contributed by atoms with Gasteiger partial charge in [-0.2, -0.15) is 0 Å². The molecule has 0 N–H and O–H groups in total. The second-order valence-electron chi connectivity index (χ2n) is 9.43. The minimum Gasteiger partial charge on any atom is -0.490 e. The van der Waals surface area contributed by atoms with Crippen LogP contribution in [0.2, 0.25) is 0 Å². The zero-order valence-corrected chi connectivity index (χ0v) is 19.1. The van der Waals surface area contributed by atoms with Gasteiger partial charge in [0.1, 0.15) is 24.7 Å². The van der Waals surface area contributed by atoms with Crippen molar-refractivity contribution in [1.82, 2.24) is 0 Å². The van der Waals surface area contributed by atoms with Gasteiger partial charge in [-0.15, -0.1) is 0 Å². The van der Waals surface area contributed by atoms with Gasteiger partial charge in [0.05, 0.1) is 0 Å². The van der Waals surface area contributed by atoms with Crippen LogP contribution in [0.5, 0.6) is 11.5 Å². The molecule has 36 heavy (non-hydrogen) atoms. The van der Waals surface area contributed by atoms with Gasteiger partial charge in [0.15, 0.2) is 10.9 Å². The molecule has 170 valence electrons. The van der Waals surface area contributed by atoms with Gasteiger partial charge in [-0.05, 0) is 45.8 Å². The fraction of sp³-hybridized carbons (Fsp3) is 0.0625. The normalized spacial score (nSPS) is 12.3. The van der Waals surface area contributed by atoms with Crippen LogP contribution in [0, 0.1) is 0 Å². The first-order valence-corrected chi connectivity index (χ1v) is 12.0. The van der Waals surface area contributed by atoms with Crippen LogP contribution < -0.4 is 20.3 Å². The summed E-state index contributed by atoms with van der Waals surface area (Å²) in [7, 11) is 0. The third-order valence-corrected chi connectivity index (χ3v) is 7.46. The second kappa shape index (κ2) is 6.92. The summed E-state index contributed by atoms with van der Waals surface area (Å²) in [5, 5.41) is 11.1. The third kappa shape index (κ3) is 2.53. The molecular weight excluding hydrogens is 448 g/mol. The van der Waals surface area contributed by atoms with Gasteiger partial charge in [-0.3, -0.25) is 9.59 Å². The Morgan fingerprint density at radius 1 is 0.444 bits per heavy atom. The van der Waals surface area contributed by atoms with Gasteiger partial charge in [0.25, 0.3) is 0 Å². The lowest BCUT2D eigenvalue weighted by Gasteiger charge is -2.11. The number of hydrogen-bond donors (Lipinski definition) is 0. The number of benzene rings is 6. The molecule has 0 aliphatic heterocycles. The minimum atomic E-state index is 0.0440. The summed E-state index contributed by atoms with van der Waals surface area (Å²) < 4.78 is 12.0. The van der Waals surface area contributed by atoms with Crippen LogP contribution in [0.15, 0.2) is 94.5 Å². The summed E-state index contributed by atoms with van der Waals surface area (Å²) in [6, 6.07) is 27.5. The Morgan fingerprint density at radius 2 is 0.861 bits per heavy atom. The Bertz CT molecular complexity index is 2040. The van der Waals surface area contributed by atoms with E-state index in [4.69, 9.17) is 9.47 Å². The molecule has 0 aliphatic rings. The molecule has 0 amide bonds. The molecular formula is C32H18O4. The van der Waals surface area contributed by atoms with E-state index in [1.54, 1.807) is 0 Å². The summed E-state index contributed by atoms with van der Waals surface area (Å²) in [6.45, 7) is 0.629. The van der Waals surface area contributed by atoms with Crippen LogP contribution in [0.3, 0.4) is 0 Å². The topological polar surface area (TPSA) is 52.6 Å². The van der Waals surface area contributed by atoms with E-state index in [-0.39, 0.29) is 10.9 Å². The summed E-state index contributed by atoms with van der Waals surface area (Å²) in [6.07, 6.45) is 0. The molecule has 4 heteroatoms. The quantitative estimate of drug-likeness (QED) is 0.214. The van der Waals surface area contributed by atoms with Crippen LogP contribution in [-0.4, -0.2) is 13.2 Å². The largest absolute Gasteiger partial charge is 0.490 e. The summed E-state index contributed by atoms with van der Waals surface area (Å²) in [5.41, 5.74) is 0.0879. The van der Waals surface area contributed by atoms with Gasteiger partial charge in [-0.25, -0.2) is 0 Å². The summed E-state index contributed by atoms with van der Waals surface area (Å²) in [4.78, 5) is 26.0. The van der Waals surface area contributed by atoms with Gasteiger partial charge >= 0.3 is 0 Å². The molecule has 0 bridgehead atoms. The molecule has 8 aromatic carbocycles. The van der Waals surface area contributed by atoms with Gasteiger partial charge < -0.3 is 9.47 Å². The maximum atomic E-state index is 13.0. The van der Waals surface area contributed by atoms with Crippen LogP contribution in [0.1, 0.15) is 0 Å². The number of rotatable bonds is 5. The highest BCUT2D eigenvalue weighted by molar-refractivity contribution is 6.27. The number of ether oxygens (including phenoxy) is 2. The standard InChI is InChI=1S/C32H18O4/c33-31-23-5-1-3-17-7-9-19-13-21(15-25(31)29(19)27(17)23)35-11-12-36-22-14-20-10-8-18-4-2-6-24-28(18)30(20)26(16-22)32(24)34/h1-10,13-16H,11-12H2. The highest BCUT2D eigenvalue weighted by Crippen LogP contribution is 2.37. The van der Waals surface area contributed by atoms with Crippen molar-refractivity contribution >= 4 is 64.6 Å². The molecule has 0 radical (unpaired) electrons. The van der Waals surface area contributed by atoms with Crippen molar-refractivity contribution in [3.8, 4) is 11.5 Å². The van der Waals surface area contributed by atoms with Crippen molar-refractivity contribution in [2.24, 2.45) is 0 Å². The highest BCUT2D eigenvalue weighted by atomic mass is 16.5. The Balaban J connectivity index is 1.08. The third-order valence-electron chi connectivity index (χ3n) is 7.46. The smallest absolute Gasteiger partial charge is 0.194 e. The molecule has 0 heterocycles. The van der Waals surface area contributed by atoms with Gasteiger partial charge in [-0.1, -0.05) is 60.7 Å². The molecule has 0 aliphatic carbocycles. The van der Waals surface area contributed by atoms with E-state index >= 15 is 0 Å². The van der Waals surface area contributed by atoms with E-state index in [0.29, 0.717) is 35.5 Å². The molecule has 0 spiro atoms. The Morgan fingerprint density at radius 3 is 1.33 bits per heavy atom. The molecule has 0 saturated carbocycles. The van der Waals surface area contributed by atoms with E-state index in [1.807, 2.05) is 84.9 Å². The van der Waals surface area contributed by atoms with Crippen molar-refractivity contribution in [3.05, 3.63) is 105 Å². The Kier molecular flexibility index (Phi) is 3.77. The van der Waals surface area contributed by atoms with Crippen molar-refractivity contribution in [2.45, 2.75) is 0 Å². The predicted molar refractivity (Wildman–Crippen MR) is 146 cm³/mol. The van der Waals surface area contributed by atoms with Crippen molar-refractivity contribution in [1.29, 1.82) is 0 Å². The van der Waals surface area contributed by atoms with Crippen LogP contribution in [-0.2, 0) is 0 Å². The van der Waals surface area contributed by atoms with Gasteiger partial charge in [0, 0.05) is 43.1 Å². The lowest BCUT2D eigenvalue weighted by molar-refractivity contribution is 0.217. The Labute approximate surface area is 204 Å². The summed E-state index contributed by atoms with van der Waals surface area (Å²) in [5.74, 6) is 1.29. The fourth-order valence-electron chi connectivity index (χ4n) is 5.94. The van der Waals surface area contributed by atoms with Crippen LogP contribution in [0.25, 0.3) is 64.6 Å². The van der Waals surface area contributed by atoms with E-state index in [1.165, 1.54) is 0 Å². The zero-order valence-electron chi connectivity index (χ0n) is 19.1. The minimum absolute atomic E-state index is 0.0440. The molecule has 8 rings (SSSR count). The molecule has 0 saturated heterocycles. The monoisotopic (exact) mass is 466 g/mol. The van der Waals surface area contributed by atoms with E-state index < -0.39 is 0 Å². The predicted octanol–water partition coefficient (Wildman–Crippen LogP) is 6.54. The first-order valence-electron chi connectivity index (χ1n) is 12.0. The number of hydrogen-bond acceptors (Lipinski definition) is 4. The SMILES string of the molecule is O=c1c2cccc3ccc4cc(OCCOc5cc6ccc7cccc8c(=O)c(c5)c6c78)cc1c4c32. The van der Waals surface area contributed by atoms with E-state index in [0.717, 1.165) is 53.9 Å². The van der Waals surface area contributed by atoms with Crippen LogP contribution in [0.4, 0.5) is 0 Å². The molecule has 0 fully saturated rings. The molecule has 8 aromatic rings. The molecule has 0 aromatic heterocycles. The first kappa shape index (κ1) is 19.6. The van der Waals surface area contributed by atoms with Crippen molar-refractivity contribution in [3.63, 3.8) is 0 Å². The maximum Gasteiger partial charge on any atom is 0.194 e.